The molecule has 0 bridgehead atoms. The number of aromatic nitrogens is 1. The predicted octanol–water partition coefficient (Wildman–Crippen LogP) is 3.14. The Labute approximate surface area is 131 Å². The van der Waals surface area contributed by atoms with Crippen molar-refractivity contribution in [3.63, 3.8) is 0 Å². The molecular weight excluding hydrogens is 288 g/mol. The lowest BCUT2D eigenvalue weighted by Crippen LogP contribution is -2.22. The molecule has 0 radical (unpaired) electrons. The zero-order valence-electron chi connectivity index (χ0n) is 12.1. The van der Waals surface area contributed by atoms with Gasteiger partial charge in [0.1, 0.15) is 5.75 Å². The Kier molecular flexibility index (Phi) is 6.69. The monoisotopic (exact) mass is 306 g/mol. The van der Waals surface area contributed by atoms with Crippen LogP contribution in [-0.4, -0.2) is 17.5 Å². The first-order chi connectivity index (χ1) is 9.70. The number of hydrogen-bond donors (Lipinski definition) is 1. The van der Waals surface area contributed by atoms with Gasteiger partial charge in [0.25, 0.3) is 5.91 Å². The smallest absolute Gasteiger partial charge is 0.251 e. The Balaban J connectivity index is 0.00000220. The highest BCUT2D eigenvalue weighted by Gasteiger charge is 2.05. The van der Waals surface area contributed by atoms with Gasteiger partial charge in [-0.05, 0) is 43.2 Å². The van der Waals surface area contributed by atoms with Gasteiger partial charge in [0, 0.05) is 24.5 Å². The van der Waals surface area contributed by atoms with Crippen LogP contribution in [0.25, 0.3) is 0 Å². The minimum atomic E-state index is -0.0982. The number of hydrogen-bond acceptors (Lipinski definition) is 3. The lowest BCUT2D eigenvalue weighted by atomic mass is 10.1. The summed E-state index contributed by atoms with van der Waals surface area (Å²) in [5.74, 6) is 0.788. The summed E-state index contributed by atoms with van der Waals surface area (Å²) >= 11 is 0. The summed E-state index contributed by atoms with van der Waals surface area (Å²) in [5.41, 5.74) is 2.73. The van der Waals surface area contributed by atoms with E-state index in [0.717, 1.165) is 16.9 Å². The van der Waals surface area contributed by atoms with Crippen molar-refractivity contribution in [2.75, 3.05) is 6.61 Å². The van der Waals surface area contributed by atoms with Crippen molar-refractivity contribution in [3.8, 4) is 5.75 Å². The van der Waals surface area contributed by atoms with E-state index < -0.39 is 0 Å². The normalized spacial score (nSPS) is 9.62. The predicted molar refractivity (Wildman–Crippen MR) is 85.0 cm³/mol. The number of ether oxygens (including phenoxy) is 1. The summed E-state index contributed by atoms with van der Waals surface area (Å²) < 4.78 is 5.49. The molecule has 1 amide bonds. The Bertz CT molecular complexity index is 588. The van der Waals surface area contributed by atoms with Crippen molar-refractivity contribution < 1.29 is 9.53 Å². The average molecular weight is 307 g/mol. The molecule has 5 heteroatoms. The Morgan fingerprint density at radius 2 is 1.95 bits per heavy atom. The van der Waals surface area contributed by atoms with Crippen molar-refractivity contribution in [1.82, 2.24) is 10.3 Å². The summed E-state index contributed by atoms with van der Waals surface area (Å²) in [6.45, 7) is 5.11. The summed E-state index contributed by atoms with van der Waals surface area (Å²) in [5, 5.41) is 2.89. The van der Waals surface area contributed by atoms with Crippen molar-refractivity contribution in [3.05, 3.63) is 59.4 Å². The third kappa shape index (κ3) is 4.76. The van der Waals surface area contributed by atoms with Gasteiger partial charge >= 0.3 is 0 Å². The van der Waals surface area contributed by atoms with Gasteiger partial charge in [-0.3, -0.25) is 9.78 Å². The number of carbonyl (C=O) groups is 1. The lowest BCUT2D eigenvalue weighted by molar-refractivity contribution is 0.0951. The molecule has 4 nitrogen and oxygen atoms in total. The average Bonchev–Trinajstić information content (AvgIpc) is 2.48. The van der Waals surface area contributed by atoms with Gasteiger partial charge < -0.3 is 10.1 Å². The van der Waals surface area contributed by atoms with Gasteiger partial charge in [-0.25, -0.2) is 0 Å². The molecule has 0 aliphatic rings. The maximum Gasteiger partial charge on any atom is 0.251 e. The number of halogens is 1. The summed E-state index contributed by atoms with van der Waals surface area (Å²) in [6.07, 6.45) is 3.21. The van der Waals surface area contributed by atoms with E-state index in [1.165, 1.54) is 0 Å². The minimum Gasteiger partial charge on any atom is -0.494 e. The fraction of sp³-hybridized carbons (Fsp3) is 0.250. The number of rotatable bonds is 5. The van der Waals surface area contributed by atoms with Crippen molar-refractivity contribution in [2.45, 2.75) is 20.4 Å². The number of amides is 1. The molecular formula is C16H19ClN2O2. The molecule has 1 aromatic heterocycles. The molecule has 21 heavy (non-hydrogen) atoms. The fourth-order valence-electron chi connectivity index (χ4n) is 1.93. The second-order valence-corrected chi connectivity index (χ2v) is 4.45. The zero-order valence-corrected chi connectivity index (χ0v) is 12.9. The van der Waals surface area contributed by atoms with Crippen LogP contribution < -0.4 is 10.1 Å². The zero-order chi connectivity index (χ0) is 14.4. The van der Waals surface area contributed by atoms with E-state index >= 15 is 0 Å². The lowest BCUT2D eigenvalue weighted by Gasteiger charge is -2.10. The Hall–Kier alpha value is -2.07. The van der Waals surface area contributed by atoms with E-state index in [1.54, 1.807) is 24.5 Å². The van der Waals surface area contributed by atoms with Crippen LogP contribution in [-0.2, 0) is 6.54 Å². The first-order valence-corrected chi connectivity index (χ1v) is 6.61. The third-order valence-corrected chi connectivity index (χ3v) is 2.93. The second-order valence-electron chi connectivity index (χ2n) is 4.45. The number of pyridine rings is 1. The highest BCUT2D eigenvalue weighted by atomic mass is 35.5. The van der Waals surface area contributed by atoms with Crippen LogP contribution in [0.1, 0.15) is 28.4 Å². The first kappa shape index (κ1) is 17.0. The summed E-state index contributed by atoms with van der Waals surface area (Å²) in [7, 11) is 0. The van der Waals surface area contributed by atoms with Gasteiger partial charge in [-0.2, -0.15) is 0 Å². The maximum atomic E-state index is 11.9. The van der Waals surface area contributed by atoms with Crippen molar-refractivity contribution >= 4 is 18.3 Å². The topological polar surface area (TPSA) is 51.2 Å². The fourth-order valence-corrected chi connectivity index (χ4v) is 1.93. The minimum absolute atomic E-state index is 0. The molecule has 0 aliphatic heterocycles. The number of benzene rings is 1. The van der Waals surface area contributed by atoms with Gasteiger partial charge in [-0.1, -0.05) is 12.1 Å². The van der Waals surface area contributed by atoms with Gasteiger partial charge in [0.2, 0.25) is 0 Å². The maximum absolute atomic E-state index is 11.9. The Morgan fingerprint density at radius 3 is 2.57 bits per heavy atom. The van der Waals surface area contributed by atoms with Crippen LogP contribution in [0.4, 0.5) is 0 Å². The second kappa shape index (κ2) is 8.27. The molecule has 0 saturated carbocycles. The largest absolute Gasteiger partial charge is 0.494 e. The van der Waals surface area contributed by atoms with E-state index in [4.69, 9.17) is 4.74 Å². The van der Waals surface area contributed by atoms with Crippen LogP contribution in [0, 0.1) is 6.92 Å². The van der Waals surface area contributed by atoms with Gasteiger partial charge in [0.15, 0.2) is 0 Å². The van der Waals surface area contributed by atoms with Crippen molar-refractivity contribution in [2.24, 2.45) is 0 Å². The number of aryl methyl sites for hydroxylation is 1. The van der Waals surface area contributed by atoms with E-state index in [9.17, 15) is 4.79 Å². The van der Waals surface area contributed by atoms with Crippen LogP contribution in [0.15, 0.2) is 42.7 Å². The van der Waals surface area contributed by atoms with Gasteiger partial charge in [-0.15, -0.1) is 12.4 Å². The molecule has 1 N–H and O–H groups in total. The molecule has 112 valence electrons. The van der Waals surface area contributed by atoms with Crippen molar-refractivity contribution in [1.29, 1.82) is 0 Å². The van der Waals surface area contributed by atoms with Crippen LogP contribution >= 0.6 is 12.4 Å². The molecule has 0 spiro atoms. The van der Waals surface area contributed by atoms with Crippen LogP contribution in [0.2, 0.25) is 0 Å². The van der Waals surface area contributed by atoms with Crippen LogP contribution in [0.3, 0.4) is 0 Å². The third-order valence-electron chi connectivity index (χ3n) is 2.93. The van der Waals surface area contributed by atoms with Gasteiger partial charge in [0.05, 0.1) is 6.61 Å². The molecule has 1 aromatic carbocycles. The molecule has 2 aromatic rings. The summed E-state index contributed by atoms with van der Waals surface area (Å²) in [4.78, 5) is 15.8. The quantitative estimate of drug-likeness (QED) is 0.923. The molecule has 0 unspecified atom stereocenters. The molecule has 0 aliphatic carbocycles. The number of nitrogens with one attached hydrogen (secondary N) is 1. The Morgan fingerprint density at radius 1 is 1.24 bits per heavy atom. The molecule has 0 saturated heterocycles. The molecule has 1 heterocycles. The van der Waals surface area contributed by atoms with Crippen LogP contribution in [0.5, 0.6) is 5.75 Å². The molecule has 0 fully saturated rings. The highest BCUT2D eigenvalue weighted by molar-refractivity contribution is 5.93. The SMILES string of the molecule is CCOc1ccc(CNC(=O)c2ccncc2)cc1C.Cl. The first-order valence-electron chi connectivity index (χ1n) is 6.61. The van der Waals surface area contributed by atoms with E-state index in [0.29, 0.717) is 18.7 Å². The molecule has 2 rings (SSSR count). The number of nitrogens with zero attached hydrogens (tertiary/aromatic N) is 1. The van der Waals surface area contributed by atoms with E-state index in [2.05, 4.69) is 10.3 Å². The number of carbonyl (C=O) groups excluding carboxylic acids is 1. The standard InChI is InChI=1S/C16H18N2O2.ClH/c1-3-20-15-5-4-13(10-12(15)2)11-18-16(19)14-6-8-17-9-7-14;/h4-10H,3,11H2,1-2H3,(H,18,19);1H. The molecule has 0 atom stereocenters. The van der Waals surface area contributed by atoms with E-state index in [1.807, 2.05) is 32.0 Å². The van der Waals surface area contributed by atoms with E-state index in [-0.39, 0.29) is 18.3 Å². The highest BCUT2D eigenvalue weighted by Crippen LogP contribution is 2.19. The summed E-state index contributed by atoms with van der Waals surface area (Å²) in [6, 6.07) is 9.31.